The first-order valence-electron chi connectivity index (χ1n) is 13.0. The van der Waals surface area contributed by atoms with Crippen LogP contribution in [0.1, 0.15) is 90.3 Å². The van der Waals surface area contributed by atoms with Crippen LogP contribution in [0.25, 0.3) is 6.08 Å². The Hall–Kier alpha value is -3.36. The highest BCUT2D eigenvalue weighted by Crippen LogP contribution is 2.34. The van der Waals surface area contributed by atoms with Gasteiger partial charge >= 0.3 is 6.09 Å². The fourth-order valence-corrected chi connectivity index (χ4v) is 4.34. The van der Waals surface area contributed by atoms with Crippen molar-refractivity contribution in [3.8, 4) is 0 Å². The highest BCUT2D eigenvalue weighted by atomic mass is 16.6. The second kappa shape index (κ2) is 13.3. The van der Waals surface area contributed by atoms with Gasteiger partial charge in [-0.15, -0.1) is 0 Å². The Kier molecular flexibility index (Phi) is 10.7. The molecule has 3 unspecified atom stereocenters. The smallest absolute Gasteiger partial charge is 0.408 e. The third-order valence-electron chi connectivity index (χ3n) is 6.22. The Balaban J connectivity index is 2.52. The third kappa shape index (κ3) is 8.91. The number of nitrogens with zero attached hydrogens (tertiary/aromatic N) is 1. The standard InChI is InChI=1S/C28H42N4O5/c1-7-11-18(3)30-25(34)24(20-13-9-12-19(8-2)16-20)32(21-14-10-15-21)26(35)22(17-23(29)33)31-27(36)37-28(4,5)6/h8-9,12-13,16,18,21-22,24H,2,7,10-11,14-15,17H2,1,3-6H3,(H2,29,33)(H,30,34)(H,31,36). The van der Waals surface area contributed by atoms with Crippen LogP contribution < -0.4 is 16.4 Å². The minimum atomic E-state index is -1.28. The summed E-state index contributed by atoms with van der Waals surface area (Å²) in [5.74, 6) is -1.63. The van der Waals surface area contributed by atoms with E-state index >= 15 is 0 Å². The molecule has 1 aromatic rings. The summed E-state index contributed by atoms with van der Waals surface area (Å²) >= 11 is 0. The summed E-state index contributed by atoms with van der Waals surface area (Å²) in [4.78, 5) is 53.8. The minimum Gasteiger partial charge on any atom is -0.444 e. The van der Waals surface area contributed by atoms with Crippen LogP contribution in [0.3, 0.4) is 0 Å². The number of alkyl carbamates (subject to hydrolysis) is 1. The summed E-state index contributed by atoms with van der Waals surface area (Å²) in [6.45, 7) is 12.9. The molecule has 0 aromatic heterocycles. The van der Waals surface area contributed by atoms with Gasteiger partial charge in [-0.2, -0.15) is 0 Å². The van der Waals surface area contributed by atoms with Crippen LogP contribution in [0.5, 0.6) is 0 Å². The van der Waals surface area contributed by atoms with Gasteiger partial charge in [0.05, 0.1) is 6.42 Å². The van der Waals surface area contributed by atoms with E-state index in [0.29, 0.717) is 18.4 Å². The van der Waals surface area contributed by atoms with Crippen molar-refractivity contribution >= 4 is 29.9 Å². The molecule has 0 saturated heterocycles. The molecule has 1 fully saturated rings. The highest BCUT2D eigenvalue weighted by molar-refractivity contribution is 5.95. The van der Waals surface area contributed by atoms with Gasteiger partial charge in [-0.05, 0) is 70.6 Å². The topological polar surface area (TPSA) is 131 Å². The predicted octanol–water partition coefficient (Wildman–Crippen LogP) is 3.83. The Morgan fingerprint density at radius 2 is 1.89 bits per heavy atom. The van der Waals surface area contributed by atoms with Gasteiger partial charge in [0.2, 0.25) is 17.7 Å². The summed E-state index contributed by atoms with van der Waals surface area (Å²) in [5.41, 5.74) is 6.07. The van der Waals surface area contributed by atoms with Crippen LogP contribution in [0.2, 0.25) is 0 Å². The number of nitrogens with two attached hydrogens (primary N) is 1. The lowest BCUT2D eigenvalue weighted by Crippen LogP contribution is -2.58. The van der Waals surface area contributed by atoms with Crippen LogP contribution >= 0.6 is 0 Å². The van der Waals surface area contributed by atoms with Gasteiger partial charge in [-0.3, -0.25) is 14.4 Å². The fourth-order valence-electron chi connectivity index (χ4n) is 4.34. The number of carbonyl (C=O) groups excluding carboxylic acids is 4. The van der Waals surface area contributed by atoms with Crippen molar-refractivity contribution in [2.75, 3.05) is 0 Å². The van der Waals surface area contributed by atoms with E-state index in [0.717, 1.165) is 24.8 Å². The zero-order valence-electron chi connectivity index (χ0n) is 22.7. The fraction of sp³-hybridized carbons (Fsp3) is 0.571. The Bertz CT molecular complexity index is 983. The second-order valence-electron chi connectivity index (χ2n) is 10.7. The van der Waals surface area contributed by atoms with Gasteiger partial charge in [0.15, 0.2) is 0 Å². The van der Waals surface area contributed by atoms with Crippen LogP contribution in [-0.2, 0) is 19.1 Å². The van der Waals surface area contributed by atoms with Crippen LogP contribution in [0.15, 0.2) is 30.8 Å². The predicted molar refractivity (Wildman–Crippen MR) is 143 cm³/mol. The van der Waals surface area contributed by atoms with Gasteiger partial charge in [-0.1, -0.05) is 44.2 Å². The van der Waals surface area contributed by atoms with Crippen molar-refractivity contribution in [3.63, 3.8) is 0 Å². The molecule has 204 valence electrons. The van der Waals surface area contributed by atoms with Crippen LogP contribution in [-0.4, -0.2) is 52.4 Å². The normalized spacial score (nSPS) is 15.9. The van der Waals surface area contributed by atoms with E-state index in [9.17, 15) is 19.2 Å². The molecule has 9 nitrogen and oxygen atoms in total. The van der Waals surface area contributed by atoms with Crippen molar-refractivity contribution in [1.29, 1.82) is 0 Å². The molecule has 1 aliphatic rings. The lowest BCUT2D eigenvalue weighted by atomic mass is 9.87. The molecule has 0 radical (unpaired) electrons. The molecular weight excluding hydrogens is 472 g/mol. The average Bonchev–Trinajstić information content (AvgIpc) is 2.75. The van der Waals surface area contributed by atoms with Crippen molar-refractivity contribution in [1.82, 2.24) is 15.5 Å². The number of ether oxygens (including phenoxy) is 1. The first kappa shape index (κ1) is 29.9. The van der Waals surface area contributed by atoms with E-state index in [1.807, 2.05) is 32.0 Å². The van der Waals surface area contributed by atoms with Crippen LogP contribution in [0, 0.1) is 0 Å². The minimum absolute atomic E-state index is 0.0952. The molecule has 1 saturated carbocycles. The zero-order chi connectivity index (χ0) is 27.8. The van der Waals surface area contributed by atoms with Gasteiger partial charge in [0.1, 0.15) is 17.7 Å². The van der Waals surface area contributed by atoms with Crippen molar-refractivity contribution in [2.45, 2.75) is 103 Å². The van der Waals surface area contributed by atoms with Crippen molar-refractivity contribution in [2.24, 2.45) is 5.73 Å². The number of carbonyl (C=O) groups is 4. The number of hydrogen-bond donors (Lipinski definition) is 3. The first-order chi connectivity index (χ1) is 17.4. The molecule has 1 aliphatic carbocycles. The van der Waals surface area contributed by atoms with E-state index in [1.54, 1.807) is 32.9 Å². The molecule has 1 aromatic carbocycles. The summed E-state index contributed by atoms with van der Waals surface area (Å²) in [7, 11) is 0. The average molecular weight is 515 g/mol. The van der Waals surface area contributed by atoms with E-state index in [2.05, 4.69) is 17.2 Å². The van der Waals surface area contributed by atoms with E-state index < -0.39 is 42.0 Å². The number of primary amides is 1. The third-order valence-corrected chi connectivity index (χ3v) is 6.22. The molecule has 0 aliphatic heterocycles. The number of rotatable bonds is 12. The molecule has 4 N–H and O–H groups in total. The molecule has 4 amide bonds. The zero-order valence-corrected chi connectivity index (χ0v) is 22.7. The maximum absolute atomic E-state index is 14.0. The monoisotopic (exact) mass is 514 g/mol. The molecule has 37 heavy (non-hydrogen) atoms. The molecule has 9 heteroatoms. The molecule has 3 atom stereocenters. The van der Waals surface area contributed by atoms with Gasteiger partial charge in [0, 0.05) is 12.1 Å². The lowest BCUT2D eigenvalue weighted by Gasteiger charge is -2.43. The van der Waals surface area contributed by atoms with Crippen molar-refractivity contribution in [3.05, 3.63) is 42.0 Å². The summed E-state index contributed by atoms with van der Waals surface area (Å²) in [6.07, 6.45) is 4.40. The molecule has 0 heterocycles. The maximum Gasteiger partial charge on any atom is 0.408 e. The highest BCUT2D eigenvalue weighted by Gasteiger charge is 2.42. The lowest BCUT2D eigenvalue weighted by molar-refractivity contribution is -0.148. The van der Waals surface area contributed by atoms with Gasteiger partial charge in [0.25, 0.3) is 0 Å². The number of amides is 4. The molecule has 2 rings (SSSR count). The Labute approximate surface area is 220 Å². The Morgan fingerprint density at radius 1 is 1.22 bits per heavy atom. The van der Waals surface area contributed by atoms with E-state index in [4.69, 9.17) is 10.5 Å². The number of benzene rings is 1. The van der Waals surface area contributed by atoms with Gasteiger partial charge < -0.3 is 26.0 Å². The number of hydrogen-bond acceptors (Lipinski definition) is 5. The first-order valence-corrected chi connectivity index (χ1v) is 13.0. The summed E-state index contributed by atoms with van der Waals surface area (Å²) in [6, 6.07) is 4.73. The maximum atomic E-state index is 14.0. The Morgan fingerprint density at radius 3 is 2.41 bits per heavy atom. The van der Waals surface area contributed by atoms with Gasteiger partial charge in [-0.25, -0.2) is 4.79 Å². The van der Waals surface area contributed by atoms with Crippen molar-refractivity contribution < 1.29 is 23.9 Å². The quantitative estimate of drug-likeness (QED) is 0.390. The van der Waals surface area contributed by atoms with Crippen LogP contribution in [0.4, 0.5) is 4.79 Å². The number of nitrogens with one attached hydrogen (secondary N) is 2. The van der Waals surface area contributed by atoms with E-state index in [-0.39, 0.29) is 18.0 Å². The summed E-state index contributed by atoms with van der Waals surface area (Å²) < 4.78 is 5.32. The molecule has 0 bridgehead atoms. The largest absolute Gasteiger partial charge is 0.444 e. The van der Waals surface area contributed by atoms with E-state index in [1.165, 1.54) is 4.90 Å². The second-order valence-corrected chi connectivity index (χ2v) is 10.7. The summed E-state index contributed by atoms with van der Waals surface area (Å²) in [5, 5.41) is 5.56. The SMILES string of the molecule is C=Cc1cccc(C(C(=O)NC(C)CCC)N(C(=O)C(CC(N)=O)NC(=O)OC(C)(C)C)C2CCC2)c1. The molecule has 0 spiro atoms. The molecular formula is C28H42N4O5.